The Morgan fingerprint density at radius 2 is 1.70 bits per heavy atom. The van der Waals surface area contributed by atoms with Gasteiger partial charge in [0, 0.05) is 6.54 Å². The van der Waals surface area contributed by atoms with Gasteiger partial charge in [0.25, 0.3) is 0 Å². The van der Waals surface area contributed by atoms with E-state index in [1.165, 1.54) is 18.2 Å². The van der Waals surface area contributed by atoms with Crippen molar-refractivity contribution in [1.29, 1.82) is 0 Å². The summed E-state index contributed by atoms with van der Waals surface area (Å²) in [7, 11) is 1.13. The van der Waals surface area contributed by atoms with E-state index in [0.29, 0.717) is 11.6 Å². The fraction of sp³-hybridized carbons (Fsp3) is 0.333. The summed E-state index contributed by atoms with van der Waals surface area (Å²) in [5.74, 6) is -1.81. The molecule has 30 heavy (non-hydrogen) atoms. The van der Waals surface area contributed by atoms with Crippen LogP contribution >= 0.6 is 0 Å². The van der Waals surface area contributed by atoms with Gasteiger partial charge in [-0.1, -0.05) is 6.07 Å². The number of halogens is 4. The second-order valence-electron chi connectivity index (χ2n) is 7.45. The maximum atomic E-state index is 13.4. The molecule has 0 aliphatic carbocycles. The zero-order valence-electron chi connectivity index (χ0n) is 16.8. The topological polar surface area (TPSA) is 64.6 Å². The fourth-order valence-corrected chi connectivity index (χ4v) is 2.68. The smallest absolute Gasteiger partial charge is 0.417 e. The van der Waals surface area contributed by atoms with E-state index >= 15 is 0 Å². The number of hydrogen-bond donors (Lipinski definition) is 1. The van der Waals surface area contributed by atoms with Gasteiger partial charge in [-0.25, -0.2) is 14.0 Å². The van der Waals surface area contributed by atoms with E-state index in [1.807, 2.05) is 0 Å². The standard InChI is InChI=1S/C21H21F4NO4/c1-20(2,3)30-19(28)26-11-12-7-13(9-14(8-12)18(27)29-4)16-6-5-15(22)10-17(16)21(23,24)25/h5-10H,11H2,1-4H3,(H,26,28). The number of benzene rings is 2. The number of nitrogens with one attached hydrogen (secondary N) is 1. The van der Waals surface area contributed by atoms with Crippen molar-refractivity contribution in [3.05, 3.63) is 58.9 Å². The lowest BCUT2D eigenvalue weighted by Gasteiger charge is -2.20. The van der Waals surface area contributed by atoms with E-state index in [-0.39, 0.29) is 23.2 Å². The summed E-state index contributed by atoms with van der Waals surface area (Å²) < 4.78 is 63.5. The van der Waals surface area contributed by atoms with Crippen LogP contribution in [0.15, 0.2) is 36.4 Å². The minimum absolute atomic E-state index is 0.0196. The Labute approximate surface area is 171 Å². The number of alkyl halides is 3. The van der Waals surface area contributed by atoms with Gasteiger partial charge >= 0.3 is 18.2 Å². The second kappa shape index (κ2) is 8.73. The monoisotopic (exact) mass is 427 g/mol. The summed E-state index contributed by atoms with van der Waals surface area (Å²) in [5.41, 5.74) is -1.90. The van der Waals surface area contributed by atoms with Crippen molar-refractivity contribution >= 4 is 12.1 Å². The van der Waals surface area contributed by atoms with Gasteiger partial charge in [0.15, 0.2) is 0 Å². The van der Waals surface area contributed by atoms with Gasteiger partial charge in [0.1, 0.15) is 11.4 Å². The molecule has 0 spiro atoms. The molecule has 1 N–H and O–H groups in total. The van der Waals surface area contributed by atoms with Crippen molar-refractivity contribution < 1.29 is 36.6 Å². The first-order valence-corrected chi connectivity index (χ1v) is 8.86. The van der Waals surface area contributed by atoms with E-state index in [9.17, 15) is 27.2 Å². The van der Waals surface area contributed by atoms with Gasteiger partial charge in [-0.3, -0.25) is 0 Å². The van der Waals surface area contributed by atoms with Crippen LogP contribution in [-0.4, -0.2) is 24.8 Å². The Hall–Kier alpha value is -3.10. The lowest BCUT2D eigenvalue weighted by atomic mass is 9.95. The Morgan fingerprint density at radius 1 is 1.03 bits per heavy atom. The van der Waals surface area contributed by atoms with Crippen LogP contribution in [0.1, 0.15) is 42.3 Å². The Morgan fingerprint density at radius 3 is 2.27 bits per heavy atom. The molecule has 0 aromatic heterocycles. The van der Waals surface area contributed by atoms with E-state index in [2.05, 4.69) is 10.1 Å². The third-order valence-corrected chi connectivity index (χ3v) is 3.85. The first-order chi connectivity index (χ1) is 13.8. The van der Waals surface area contributed by atoms with Crippen LogP contribution in [0.3, 0.4) is 0 Å². The van der Waals surface area contributed by atoms with Crippen LogP contribution in [-0.2, 0) is 22.2 Å². The average Bonchev–Trinajstić information content (AvgIpc) is 2.63. The maximum Gasteiger partial charge on any atom is 0.417 e. The second-order valence-corrected chi connectivity index (χ2v) is 7.45. The number of hydrogen-bond acceptors (Lipinski definition) is 4. The van der Waals surface area contributed by atoms with Crippen molar-refractivity contribution in [2.75, 3.05) is 7.11 Å². The molecule has 0 atom stereocenters. The zero-order valence-corrected chi connectivity index (χ0v) is 16.8. The van der Waals surface area contributed by atoms with Gasteiger partial charge in [-0.15, -0.1) is 0 Å². The number of ether oxygens (including phenoxy) is 2. The van der Waals surface area contributed by atoms with Crippen molar-refractivity contribution in [1.82, 2.24) is 5.32 Å². The number of esters is 1. The first kappa shape index (κ1) is 23.2. The molecule has 0 saturated heterocycles. The molecule has 2 rings (SSSR count). The summed E-state index contributed by atoms with van der Waals surface area (Å²) in [6.45, 7) is 4.91. The predicted octanol–water partition coefficient (Wildman–Crippen LogP) is 5.32. The fourth-order valence-electron chi connectivity index (χ4n) is 2.68. The molecule has 0 saturated carbocycles. The van der Waals surface area contributed by atoms with Crippen LogP contribution in [0.25, 0.3) is 11.1 Å². The molecule has 0 aliphatic heterocycles. The van der Waals surface area contributed by atoms with Gasteiger partial charge in [-0.2, -0.15) is 13.2 Å². The van der Waals surface area contributed by atoms with E-state index < -0.39 is 35.2 Å². The number of amides is 1. The molecule has 2 aromatic carbocycles. The van der Waals surface area contributed by atoms with Crippen LogP contribution < -0.4 is 5.32 Å². The van der Waals surface area contributed by atoms with E-state index in [1.54, 1.807) is 20.8 Å². The molecule has 5 nitrogen and oxygen atoms in total. The molecular formula is C21H21F4NO4. The molecule has 0 bridgehead atoms. The Kier molecular flexibility index (Phi) is 6.74. The summed E-state index contributed by atoms with van der Waals surface area (Å²) in [6.07, 6.45) is -5.54. The highest BCUT2D eigenvalue weighted by Gasteiger charge is 2.34. The summed E-state index contributed by atoms with van der Waals surface area (Å²) in [5, 5.41) is 2.48. The van der Waals surface area contributed by atoms with Gasteiger partial charge in [0.05, 0.1) is 18.2 Å². The molecule has 0 heterocycles. The summed E-state index contributed by atoms with van der Waals surface area (Å²) in [6, 6.07) is 6.23. The molecule has 2 aromatic rings. The summed E-state index contributed by atoms with van der Waals surface area (Å²) >= 11 is 0. The third kappa shape index (κ3) is 6.20. The number of methoxy groups -OCH3 is 1. The van der Waals surface area contributed by atoms with Gasteiger partial charge in [-0.05, 0) is 67.8 Å². The lowest BCUT2D eigenvalue weighted by molar-refractivity contribution is -0.137. The maximum absolute atomic E-state index is 13.4. The van der Waals surface area contributed by atoms with Crippen LogP contribution in [0.4, 0.5) is 22.4 Å². The Bertz CT molecular complexity index is 949. The highest BCUT2D eigenvalue weighted by molar-refractivity contribution is 5.91. The molecular weight excluding hydrogens is 406 g/mol. The molecule has 162 valence electrons. The Balaban J connectivity index is 2.48. The van der Waals surface area contributed by atoms with Crippen molar-refractivity contribution in [3.8, 4) is 11.1 Å². The van der Waals surface area contributed by atoms with Crippen LogP contribution in [0, 0.1) is 5.82 Å². The zero-order chi connectivity index (χ0) is 22.7. The average molecular weight is 427 g/mol. The largest absolute Gasteiger partial charge is 0.465 e. The normalized spacial score (nSPS) is 11.7. The SMILES string of the molecule is COC(=O)c1cc(CNC(=O)OC(C)(C)C)cc(-c2ccc(F)cc2C(F)(F)F)c1. The molecule has 1 amide bonds. The highest BCUT2D eigenvalue weighted by Crippen LogP contribution is 2.38. The number of alkyl carbamates (subject to hydrolysis) is 1. The third-order valence-electron chi connectivity index (χ3n) is 3.85. The van der Waals surface area contributed by atoms with Gasteiger partial charge < -0.3 is 14.8 Å². The molecule has 9 heteroatoms. The molecule has 0 unspecified atom stereocenters. The number of rotatable bonds is 4. The minimum Gasteiger partial charge on any atom is -0.465 e. The van der Waals surface area contributed by atoms with Crippen molar-refractivity contribution in [3.63, 3.8) is 0 Å². The minimum atomic E-state index is -4.81. The lowest BCUT2D eigenvalue weighted by Crippen LogP contribution is -2.32. The molecule has 0 fully saturated rings. The van der Waals surface area contributed by atoms with Crippen molar-refractivity contribution in [2.45, 2.75) is 39.1 Å². The molecule has 0 radical (unpaired) electrons. The first-order valence-electron chi connectivity index (χ1n) is 8.86. The molecule has 0 aliphatic rings. The quantitative estimate of drug-likeness (QED) is 0.530. The van der Waals surface area contributed by atoms with Gasteiger partial charge in [0.2, 0.25) is 0 Å². The van der Waals surface area contributed by atoms with Crippen LogP contribution in [0.2, 0.25) is 0 Å². The number of carbonyl (C=O) groups is 2. The highest BCUT2D eigenvalue weighted by atomic mass is 19.4. The number of carbonyl (C=O) groups excluding carboxylic acids is 2. The van der Waals surface area contributed by atoms with Crippen LogP contribution in [0.5, 0.6) is 0 Å². The predicted molar refractivity (Wildman–Crippen MR) is 101 cm³/mol. The van der Waals surface area contributed by atoms with E-state index in [4.69, 9.17) is 4.74 Å². The van der Waals surface area contributed by atoms with Crippen molar-refractivity contribution in [2.24, 2.45) is 0 Å². The van der Waals surface area contributed by atoms with E-state index in [0.717, 1.165) is 19.2 Å². The summed E-state index contributed by atoms with van der Waals surface area (Å²) in [4.78, 5) is 23.9.